The van der Waals surface area contributed by atoms with Crippen molar-refractivity contribution in [1.82, 2.24) is 0 Å². The summed E-state index contributed by atoms with van der Waals surface area (Å²) in [5, 5.41) is 6.63. The summed E-state index contributed by atoms with van der Waals surface area (Å²) in [5.74, 6) is 0. The van der Waals surface area contributed by atoms with Crippen molar-refractivity contribution in [2.45, 2.75) is 13.8 Å². The number of hydrogen-bond acceptors (Lipinski definition) is 0. The van der Waals surface area contributed by atoms with Crippen LogP contribution in [0.25, 0.3) is 21.5 Å². The van der Waals surface area contributed by atoms with Gasteiger partial charge in [-0.15, -0.1) is 49.0 Å². The molecule has 3 heteroatoms. The molecule has 0 N–H and O–H groups in total. The van der Waals surface area contributed by atoms with Crippen molar-refractivity contribution in [3.05, 3.63) is 124 Å². The Labute approximate surface area is 206 Å². The first-order valence-electron chi connectivity index (χ1n) is 8.64. The third kappa shape index (κ3) is 10.4. The van der Waals surface area contributed by atoms with Gasteiger partial charge in [-0.2, -0.15) is 0 Å². The van der Waals surface area contributed by atoms with Gasteiger partial charge < -0.3 is 14.9 Å². The second-order valence-electron chi connectivity index (χ2n) is 6.29. The maximum Gasteiger partial charge on any atom is 3.00 e. The van der Waals surface area contributed by atoms with Crippen molar-refractivity contribution in [2.75, 3.05) is 0 Å². The van der Waals surface area contributed by atoms with E-state index < -0.39 is 0 Å². The minimum Gasteiger partial charge on any atom is -0.358 e. The molecule has 0 aliphatic carbocycles. The zero-order valence-corrected chi connectivity index (χ0v) is 22.3. The van der Waals surface area contributed by atoms with Crippen LogP contribution in [0.1, 0.15) is 13.8 Å². The number of allylic oxidation sites excluding steroid dienone is 2. The van der Waals surface area contributed by atoms with E-state index in [2.05, 4.69) is 77.0 Å². The quantitative estimate of drug-likeness (QED) is 0.118. The molecule has 4 rings (SSSR count). The van der Waals surface area contributed by atoms with Gasteiger partial charge in [-0.1, -0.05) is 91.0 Å². The number of benzene rings is 3. The smallest absolute Gasteiger partial charge is 0.358 e. The molecule has 5 radical (unpaired) electrons. The third-order valence-corrected chi connectivity index (χ3v) is 4.44. The zero-order valence-electron chi connectivity index (χ0n) is 18.6. The Morgan fingerprint density at radius 3 is 1.30 bits per heavy atom. The standard InChI is InChI=1S/C13H9.C6H7P.C6H10.2CH3.Si.Ti/c1-3-7-12-10(5-1)9-11-6-2-4-8-13(11)12;7-6-4-2-1-3-5-6;1-5(2)6(3)4;;;;/h1-9H;1-5H,7H2;1,3H2,2,4H3;2*1H3;;/q-1;;;2*-1;;+3. The van der Waals surface area contributed by atoms with Gasteiger partial charge >= 0.3 is 21.7 Å². The summed E-state index contributed by atoms with van der Waals surface area (Å²) in [6.07, 6.45) is 0. The topological polar surface area (TPSA) is 0 Å². The van der Waals surface area contributed by atoms with Crippen molar-refractivity contribution < 1.29 is 21.7 Å². The average Bonchev–Trinajstić information content (AvgIpc) is 3.02. The number of rotatable bonds is 1. The normalized spacial score (nSPS) is 8.37. The molecule has 0 amide bonds. The largest absolute Gasteiger partial charge is 3.00 e. The van der Waals surface area contributed by atoms with Crippen LogP contribution in [0.5, 0.6) is 0 Å². The third-order valence-electron chi connectivity index (χ3n) is 4.05. The van der Waals surface area contributed by atoms with E-state index in [0.717, 1.165) is 11.1 Å². The molecular weight excluding hydrogens is 431 g/mol. The summed E-state index contributed by atoms with van der Waals surface area (Å²) in [5.41, 5.74) is 2.13. The first-order valence-corrected chi connectivity index (χ1v) is 9.22. The van der Waals surface area contributed by atoms with Gasteiger partial charge in [-0.25, -0.2) is 0 Å². The fourth-order valence-electron chi connectivity index (χ4n) is 2.36. The van der Waals surface area contributed by atoms with E-state index in [1.165, 1.54) is 26.8 Å². The zero-order chi connectivity index (χ0) is 18.9. The summed E-state index contributed by atoms with van der Waals surface area (Å²) < 4.78 is 0. The summed E-state index contributed by atoms with van der Waals surface area (Å²) in [6, 6.07) is 29.4. The van der Waals surface area contributed by atoms with Crippen LogP contribution < -0.4 is 5.30 Å². The molecule has 153 valence electrons. The predicted molar refractivity (Wildman–Crippen MR) is 141 cm³/mol. The van der Waals surface area contributed by atoms with Crippen LogP contribution in [0.15, 0.2) is 109 Å². The van der Waals surface area contributed by atoms with Gasteiger partial charge in [0.2, 0.25) is 0 Å². The van der Waals surface area contributed by atoms with Crippen LogP contribution >= 0.6 is 9.24 Å². The molecule has 0 saturated heterocycles. The molecular formula is C27H32PSiTi. The molecule has 0 aliphatic heterocycles. The summed E-state index contributed by atoms with van der Waals surface area (Å²) in [6.45, 7) is 11.2. The van der Waals surface area contributed by atoms with Gasteiger partial charge in [0.05, 0.1) is 0 Å². The molecule has 4 aromatic carbocycles. The van der Waals surface area contributed by atoms with E-state index in [4.69, 9.17) is 0 Å². The molecule has 0 aliphatic rings. The molecule has 0 aromatic heterocycles. The van der Waals surface area contributed by atoms with Crippen LogP contribution in [-0.2, 0) is 21.7 Å². The summed E-state index contributed by atoms with van der Waals surface area (Å²) in [7, 11) is 2.63. The Bertz CT molecular complexity index is 941. The molecule has 0 heterocycles. The van der Waals surface area contributed by atoms with Crippen molar-refractivity contribution in [1.29, 1.82) is 0 Å². The molecule has 1 unspecified atom stereocenters. The monoisotopic (exact) mass is 463 g/mol. The van der Waals surface area contributed by atoms with E-state index in [1.807, 2.05) is 44.2 Å². The van der Waals surface area contributed by atoms with E-state index in [9.17, 15) is 0 Å². The van der Waals surface area contributed by atoms with Gasteiger partial charge in [0.25, 0.3) is 0 Å². The molecule has 0 spiro atoms. The second-order valence-corrected chi connectivity index (χ2v) is 6.96. The van der Waals surface area contributed by atoms with E-state index in [-0.39, 0.29) is 47.5 Å². The summed E-state index contributed by atoms with van der Waals surface area (Å²) >= 11 is 0. The predicted octanol–water partition coefficient (Wildman–Crippen LogP) is 7.55. The van der Waals surface area contributed by atoms with Gasteiger partial charge in [-0.05, 0) is 19.2 Å². The number of fused-ring (bicyclic) bond motifs is 3. The van der Waals surface area contributed by atoms with Crippen LogP contribution in [0.4, 0.5) is 0 Å². The SMILES string of the molecule is C=C(C)C(=C)C.Pc1ccccc1.[CH3-].[CH3-].[Si].[Ti+3].c1ccc2c(c1)[cH-]c1ccccc12. The fourth-order valence-corrected chi connectivity index (χ4v) is 2.58. The van der Waals surface area contributed by atoms with Crippen molar-refractivity contribution in [2.24, 2.45) is 0 Å². The van der Waals surface area contributed by atoms with Gasteiger partial charge in [0, 0.05) is 11.0 Å². The van der Waals surface area contributed by atoms with Crippen molar-refractivity contribution in [3.63, 3.8) is 0 Å². The van der Waals surface area contributed by atoms with Gasteiger partial charge in [0.1, 0.15) is 0 Å². The van der Waals surface area contributed by atoms with Crippen molar-refractivity contribution >= 4 is 47.1 Å². The molecule has 0 saturated carbocycles. The van der Waals surface area contributed by atoms with E-state index in [1.54, 1.807) is 0 Å². The Morgan fingerprint density at radius 2 is 1.00 bits per heavy atom. The summed E-state index contributed by atoms with van der Waals surface area (Å²) in [4.78, 5) is 0. The number of hydrogen-bond donors (Lipinski definition) is 0. The first-order chi connectivity index (χ1) is 12.5. The minimum atomic E-state index is 0. The molecule has 0 bridgehead atoms. The molecule has 1 atom stereocenters. The Hall–Kier alpha value is -1.63. The van der Waals surface area contributed by atoms with E-state index in [0.29, 0.717) is 0 Å². The van der Waals surface area contributed by atoms with Gasteiger partial charge in [0.15, 0.2) is 0 Å². The second kappa shape index (κ2) is 17.1. The molecule has 0 fully saturated rings. The average molecular weight is 463 g/mol. The van der Waals surface area contributed by atoms with E-state index >= 15 is 0 Å². The Kier molecular flexibility index (Phi) is 18.8. The molecule has 4 aromatic rings. The minimum absolute atomic E-state index is 0. The first kappa shape index (κ1) is 33.0. The van der Waals surface area contributed by atoms with Crippen molar-refractivity contribution in [3.8, 4) is 0 Å². The Balaban J connectivity index is -0.000000377. The molecule has 0 nitrogen and oxygen atoms in total. The fraction of sp³-hybridized carbons (Fsp3) is 0.0741. The maximum atomic E-state index is 3.66. The van der Waals surface area contributed by atoms with Gasteiger partial charge in [-0.3, -0.25) is 0 Å². The van der Waals surface area contributed by atoms with Crippen LogP contribution in [0.2, 0.25) is 0 Å². The maximum absolute atomic E-state index is 3.66. The van der Waals surface area contributed by atoms with Crippen LogP contribution in [0, 0.1) is 14.9 Å². The Morgan fingerprint density at radius 1 is 0.667 bits per heavy atom. The molecule has 30 heavy (non-hydrogen) atoms. The van der Waals surface area contributed by atoms with Crippen LogP contribution in [-0.4, -0.2) is 11.0 Å². The van der Waals surface area contributed by atoms with Crippen LogP contribution in [0.3, 0.4) is 0 Å².